The highest BCUT2D eigenvalue weighted by atomic mass is 32.2. The molecule has 0 aliphatic heterocycles. The summed E-state index contributed by atoms with van der Waals surface area (Å²) in [6.07, 6.45) is 1.78. The predicted molar refractivity (Wildman–Crippen MR) is 90.6 cm³/mol. The molecule has 6 nitrogen and oxygen atoms in total. The molecule has 23 heavy (non-hydrogen) atoms. The third-order valence-corrected chi connectivity index (χ3v) is 4.61. The number of aromatic nitrogens is 5. The molecule has 3 rings (SSSR count). The molecule has 0 saturated heterocycles. The van der Waals surface area contributed by atoms with Crippen LogP contribution in [0.4, 0.5) is 0 Å². The molecule has 0 saturated carbocycles. The number of para-hydroxylation sites is 1. The average molecular weight is 329 g/mol. The van der Waals surface area contributed by atoms with Crippen LogP contribution in [-0.2, 0) is 6.54 Å². The molecule has 0 bridgehead atoms. The van der Waals surface area contributed by atoms with Crippen LogP contribution < -0.4 is 0 Å². The van der Waals surface area contributed by atoms with E-state index in [0.29, 0.717) is 16.6 Å². The van der Waals surface area contributed by atoms with Crippen LogP contribution in [-0.4, -0.2) is 36.2 Å². The summed E-state index contributed by atoms with van der Waals surface area (Å²) in [5.41, 5.74) is 1.68. The number of hydrogen-bond donors (Lipinski definition) is 1. The second-order valence-electron chi connectivity index (χ2n) is 5.91. The number of H-pyrrole nitrogens is 1. The third kappa shape index (κ3) is 3.29. The van der Waals surface area contributed by atoms with Crippen molar-refractivity contribution in [2.45, 2.75) is 37.7 Å². The van der Waals surface area contributed by atoms with Gasteiger partial charge in [0.05, 0.1) is 5.25 Å². The summed E-state index contributed by atoms with van der Waals surface area (Å²) < 4.78 is 1.76. The smallest absolute Gasteiger partial charge is 0.210 e. The van der Waals surface area contributed by atoms with E-state index in [-0.39, 0.29) is 11.0 Å². The number of tetrazole rings is 1. The van der Waals surface area contributed by atoms with Crippen LogP contribution in [0.5, 0.6) is 0 Å². The van der Waals surface area contributed by atoms with Crippen molar-refractivity contribution >= 4 is 28.4 Å². The predicted octanol–water partition coefficient (Wildman–Crippen LogP) is 3.17. The molecule has 0 fully saturated rings. The van der Waals surface area contributed by atoms with Gasteiger partial charge in [0.2, 0.25) is 5.16 Å². The van der Waals surface area contributed by atoms with E-state index in [1.807, 2.05) is 31.2 Å². The van der Waals surface area contributed by atoms with Crippen molar-refractivity contribution in [2.24, 2.45) is 5.92 Å². The van der Waals surface area contributed by atoms with Crippen molar-refractivity contribution in [3.05, 3.63) is 36.0 Å². The fourth-order valence-electron chi connectivity index (χ4n) is 2.45. The van der Waals surface area contributed by atoms with Gasteiger partial charge in [-0.05, 0) is 29.3 Å². The molecule has 0 aliphatic carbocycles. The number of rotatable bonds is 6. The summed E-state index contributed by atoms with van der Waals surface area (Å²) >= 11 is 1.40. The van der Waals surface area contributed by atoms with Gasteiger partial charge >= 0.3 is 0 Å². The maximum Gasteiger partial charge on any atom is 0.210 e. The Bertz CT molecular complexity index is 823. The highest BCUT2D eigenvalue weighted by Crippen LogP contribution is 2.27. The van der Waals surface area contributed by atoms with Crippen LogP contribution in [0.15, 0.2) is 35.6 Å². The van der Waals surface area contributed by atoms with Gasteiger partial charge in [-0.25, -0.2) is 4.68 Å². The second kappa shape index (κ2) is 6.54. The van der Waals surface area contributed by atoms with Crippen LogP contribution in [0.2, 0.25) is 0 Å². The van der Waals surface area contributed by atoms with Gasteiger partial charge in [0.25, 0.3) is 0 Å². The molecule has 7 heteroatoms. The number of carbonyl (C=O) groups excluding carboxylic acids is 1. The lowest BCUT2D eigenvalue weighted by Gasteiger charge is -2.10. The molecule has 0 aliphatic rings. The maximum absolute atomic E-state index is 12.8. The summed E-state index contributed by atoms with van der Waals surface area (Å²) in [5.74, 6) is 0.518. The molecule has 2 aromatic heterocycles. The molecule has 2 heterocycles. The summed E-state index contributed by atoms with van der Waals surface area (Å²) in [6, 6.07) is 7.81. The van der Waals surface area contributed by atoms with E-state index in [1.54, 1.807) is 10.9 Å². The van der Waals surface area contributed by atoms with Crippen molar-refractivity contribution in [1.82, 2.24) is 25.2 Å². The average Bonchev–Trinajstić information content (AvgIpc) is 3.13. The van der Waals surface area contributed by atoms with Crippen LogP contribution in [0, 0.1) is 5.92 Å². The number of Topliss-reactive ketones (excluding diaryl/α,β-unsaturated/α-hetero) is 1. The normalized spacial score (nSPS) is 12.9. The zero-order valence-electron chi connectivity index (χ0n) is 13.4. The van der Waals surface area contributed by atoms with Gasteiger partial charge in [0, 0.05) is 29.2 Å². The third-order valence-electron chi connectivity index (χ3n) is 3.54. The van der Waals surface area contributed by atoms with Crippen molar-refractivity contribution in [1.29, 1.82) is 0 Å². The largest absolute Gasteiger partial charge is 0.360 e. The van der Waals surface area contributed by atoms with E-state index in [4.69, 9.17) is 0 Å². The van der Waals surface area contributed by atoms with Gasteiger partial charge in [0.15, 0.2) is 5.78 Å². The number of carbonyl (C=O) groups is 1. The van der Waals surface area contributed by atoms with Gasteiger partial charge in [-0.2, -0.15) is 0 Å². The molecule has 120 valence electrons. The van der Waals surface area contributed by atoms with Gasteiger partial charge in [0.1, 0.15) is 0 Å². The fraction of sp³-hybridized carbons (Fsp3) is 0.375. The van der Waals surface area contributed by atoms with E-state index in [9.17, 15) is 4.79 Å². The van der Waals surface area contributed by atoms with E-state index in [2.05, 4.69) is 34.4 Å². The Labute approximate surface area is 138 Å². The number of nitrogens with zero attached hydrogens (tertiary/aromatic N) is 4. The number of thioether (sulfide) groups is 1. The molecule has 1 aromatic carbocycles. The van der Waals surface area contributed by atoms with Crippen molar-refractivity contribution in [3.8, 4) is 0 Å². The molecular weight excluding hydrogens is 310 g/mol. The highest BCUT2D eigenvalue weighted by molar-refractivity contribution is 8.00. The lowest BCUT2D eigenvalue weighted by molar-refractivity contribution is 0.0995. The number of nitrogens with one attached hydrogen (secondary N) is 1. The van der Waals surface area contributed by atoms with E-state index in [1.165, 1.54) is 11.8 Å². The van der Waals surface area contributed by atoms with Gasteiger partial charge in [-0.15, -0.1) is 5.10 Å². The van der Waals surface area contributed by atoms with Crippen LogP contribution >= 0.6 is 11.8 Å². The minimum absolute atomic E-state index is 0.0755. The van der Waals surface area contributed by atoms with E-state index < -0.39 is 0 Å². The Morgan fingerprint density at radius 2 is 2.09 bits per heavy atom. The highest BCUT2D eigenvalue weighted by Gasteiger charge is 2.22. The van der Waals surface area contributed by atoms with Crippen molar-refractivity contribution in [3.63, 3.8) is 0 Å². The first-order chi connectivity index (χ1) is 11.1. The number of fused-ring (bicyclic) bond motifs is 1. The monoisotopic (exact) mass is 329 g/mol. The molecule has 1 atom stereocenters. The Morgan fingerprint density at radius 1 is 1.30 bits per heavy atom. The number of ketones is 1. The van der Waals surface area contributed by atoms with E-state index in [0.717, 1.165) is 17.4 Å². The Balaban J connectivity index is 1.79. The minimum Gasteiger partial charge on any atom is -0.360 e. The zero-order chi connectivity index (χ0) is 16.4. The minimum atomic E-state index is -0.258. The Morgan fingerprint density at radius 3 is 2.87 bits per heavy atom. The quantitative estimate of drug-likeness (QED) is 0.555. The van der Waals surface area contributed by atoms with Crippen LogP contribution in [0.1, 0.15) is 31.1 Å². The molecule has 0 radical (unpaired) electrons. The SMILES string of the molecule is CC(C)Cn1nnnc1SC(C)C(=O)c1c[nH]c2ccccc12. The summed E-state index contributed by atoms with van der Waals surface area (Å²) in [5, 5.41) is 13.1. The number of hydrogen-bond acceptors (Lipinski definition) is 5. The maximum atomic E-state index is 12.8. The summed E-state index contributed by atoms with van der Waals surface area (Å²) in [4.78, 5) is 15.9. The van der Waals surface area contributed by atoms with Gasteiger partial charge in [-0.1, -0.05) is 43.8 Å². The number of aromatic amines is 1. The fourth-order valence-corrected chi connectivity index (χ4v) is 3.31. The first kappa shape index (κ1) is 15.7. The standard InChI is InChI=1S/C16H19N5OS/c1-10(2)9-21-16(18-19-20-21)23-11(3)15(22)13-8-17-14-7-5-4-6-12(13)14/h4-8,10-11,17H,9H2,1-3H3. The Kier molecular flexibility index (Phi) is 4.47. The second-order valence-corrected chi connectivity index (χ2v) is 7.22. The van der Waals surface area contributed by atoms with Gasteiger partial charge in [-0.3, -0.25) is 4.79 Å². The Hall–Kier alpha value is -2.15. The topological polar surface area (TPSA) is 76.5 Å². The van der Waals surface area contributed by atoms with Crippen molar-refractivity contribution in [2.75, 3.05) is 0 Å². The number of benzene rings is 1. The molecule has 1 N–H and O–H groups in total. The summed E-state index contributed by atoms with van der Waals surface area (Å²) in [7, 11) is 0. The van der Waals surface area contributed by atoms with Crippen molar-refractivity contribution < 1.29 is 4.79 Å². The molecule has 1 unspecified atom stereocenters. The first-order valence-corrected chi connectivity index (χ1v) is 8.47. The summed E-state index contributed by atoms with van der Waals surface area (Å²) in [6.45, 7) is 6.85. The molecule has 0 amide bonds. The molecule has 3 aromatic rings. The molecule has 0 spiro atoms. The van der Waals surface area contributed by atoms with Crippen LogP contribution in [0.25, 0.3) is 10.9 Å². The molecular formula is C16H19N5OS. The lowest BCUT2D eigenvalue weighted by Crippen LogP contribution is -2.15. The van der Waals surface area contributed by atoms with E-state index >= 15 is 0 Å². The zero-order valence-corrected chi connectivity index (χ0v) is 14.2. The van der Waals surface area contributed by atoms with Gasteiger partial charge < -0.3 is 4.98 Å². The first-order valence-electron chi connectivity index (χ1n) is 7.59. The lowest BCUT2D eigenvalue weighted by atomic mass is 10.1. The van der Waals surface area contributed by atoms with Crippen LogP contribution in [0.3, 0.4) is 0 Å².